The average Bonchev–Trinajstić information content (AvgIpc) is 2.13. The van der Waals surface area contributed by atoms with Crippen LogP contribution in [0.2, 0.25) is 0 Å². The van der Waals surface area contributed by atoms with Gasteiger partial charge in [0, 0.05) is 24.4 Å². The van der Waals surface area contributed by atoms with Crippen LogP contribution in [-0.4, -0.2) is 42.6 Å². The smallest absolute Gasteiger partial charge is 0.0220 e. The molecular weight excluding hydrogens is 192 g/mol. The summed E-state index contributed by atoms with van der Waals surface area (Å²) in [4.78, 5) is 2.43. The van der Waals surface area contributed by atoms with Crippen molar-refractivity contribution in [2.45, 2.75) is 39.3 Å². The third kappa shape index (κ3) is 5.23. The number of rotatable bonds is 7. The van der Waals surface area contributed by atoms with Gasteiger partial charge in [-0.3, -0.25) is 4.90 Å². The Morgan fingerprint density at radius 1 is 1.29 bits per heavy atom. The molecule has 0 amide bonds. The third-order valence-electron chi connectivity index (χ3n) is 2.69. The van der Waals surface area contributed by atoms with E-state index in [4.69, 9.17) is 5.73 Å². The van der Waals surface area contributed by atoms with E-state index in [1.54, 1.807) is 0 Å². The van der Waals surface area contributed by atoms with E-state index in [1.165, 1.54) is 12.2 Å². The SMILES string of the molecule is CSCC(C)N(C)C(CN)CC(C)C. The summed E-state index contributed by atoms with van der Waals surface area (Å²) in [5, 5.41) is 0. The summed E-state index contributed by atoms with van der Waals surface area (Å²) in [5.74, 6) is 1.91. The molecule has 0 radical (unpaired) electrons. The molecule has 0 aliphatic rings. The lowest BCUT2D eigenvalue weighted by Gasteiger charge is -2.33. The van der Waals surface area contributed by atoms with Crippen molar-refractivity contribution >= 4 is 11.8 Å². The van der Waals surface area contributed by atoms with E-state index in [-0.39, 0.29) is 0 Å². The van der Waals surface area contributed by atoms with E-state index in [0.29, 0.717) is 12.1 Å². The number of nitrogens with two attached hydrogens (primary N) is 1. The molecule has 0 saturated carbocycles. The predicted octanol–water partition coefficient (Wildman–Crippen LogP) is 2.04. The van der Waals surface area contributed by atoms with Crippen molar-refractivity contribution in [1.82, 2.24) is 4.90 Å². The van der Waals surface area contributed by atoms with Crippen molar-refractivity contribution in [2.75, 3.05) is 25.6 Å². The first kappa shape index (κ1) is 14.3. The molecule has 2 N–H and O–H groups in total. The van der Waals surface area contributed by atoms with Crippen LogP contribution in [0.4, 0.5) is 0 Å². The maximum absolute atomic E-state index is 5.81. The molecule has 2 atom stereocenters. The summed E-state index contributed by atoms with van der Waals surface area (Å²) in [6.45, 7) is 7.57. The summed E-state index contributed by atoms with van der Waals surface area (Å²) in [6.07, 6.45) is 3.36. The Kier molecular flexibility index (Phi) is 7.69. The monoisotopic (exact) mass is 218 g/mol. The Hall–Kier alpha value is 0.270. The van der Waals surface area contributed by atoms with E-state index in [2.05, 4.69) is 39.0 Å². The van der Waals surface area contributed by atoms with E-state index >= 15 is 0 Å². The van der Waals surface area contributed by atoms with E-state index in [0.717, 1.165) is 12.5 Å². The van der Waals surface area contributed by atoms with Crippen molar-refractivity contribution in [1.29, 1.82) is 0 Å². The number of nitrogens with zero attached hydrogens (tertiary/aromatic N) is 1. The summed E-state index contributed by atoms with van der Waals surface area (Å²) >= 11 is 1.90. The molecular formula is C11H26N2S. The molecule has 0 aromatic rings. The topological polar surface area (TPSA) is 29.3 Å². The molecule has 0 aromatic heterocycles. The molecule has 0 bridgehead atoms. The van der Waals surface area contributed by atoms with Crippen LogP contribution in [-0.2, 0) is 0 Å². The van der Waals surface area contributed by atoms with Gasteiger partial charge in [0.2, 0.25) is 0 Å². The van der Waals surface area contributed by atoms with Crippen LogP contribution in [0.5, 0.6) is 0 Å². The van der Waals surface area contributed by atoms with Gasteiger partial charge in [-0.1, -0.05) is 13.8 Å². The van der Waals surface area contributed by atoms with Crippen LogP contribution < -0.4 is 5.73 Å². The maximum atomic E-state index is 5.81. The standard InChI is InChI=1S/C11H26N2S/c1-9(2)6-11(7-12)13(4)10(3)8-14-5/h9-11H,6-8,12H2,1-5H3. The van der Waals surface area contributed by atoms with Gasteiger partial charge in [-0.25, -0.2) is 0 Å². The second kappa shape index (κ2) is 7.55. The minimum absolute atomic E-state index is 0.539. The first-order valence-corrected chi connectivity index (χ1v) is 6.83. The average molecular weight is 218 g/mol. The van der Waals surface area contributed by atoms with Gasteiger partial charge in [-0.2, -0.15) is 11.8 Å². The largest absolute Gasteiger partial charge is 0.329 e. The van der Waals surface area contributed by atoms with Crippen LogP contribution in [0.1, 0.15) is 27.2 Å². The van der Waals surface area contributed by atoms with Crippen LogP contribution >= 0.6 is 11.8 Å². The predicted molar refractivity (Wildman–Crippen MR) is 67.9 cm³/mol. The zero-order valence-corrected chi connectivity index (χ0v) is 11.1. The zero-order chi connectivity index (χ0) is 11.1. The molecule has 0 saturated heterocycles. The van der Waals surface area contributed by atoms with E-state index in [1.807, 2.05) is 11.8 Å². The molecule has 14 heavy (non-hydrogen) atoms. The van der Waals surface area contributed by atoms with E-state index < -0.39 is 0 Å². The van der Waals surface area contributed by atoms with Crippen LogP contribution in [0, 0.1) is 5.92 Å². The lowest BCUT2D eigenvalue weighted by atomic mass is 10.0. The van der Waals surface area contributed by atoms with Gasteiger partial charge in [0.15, 0.2) is 0 Å². The Morgan fingerprint density at radius 3 is 2.21 bits per heavy atom. The van der Waals surface area contributed by atoms with Gasteiger partial charge in [-0.05, 0) is 32.6 Å². The molecule has 0 fully saturated rings. The highest BCUT2D eigenvalue weighted by Gasteiger charge is 2.18. The van der Waals surface area contributed by atoms with Gasteiger partial charge in [0.25, 0.3) is 0 Å². The Morgan fingerprint density at radius 2 is 1.86 bits per heavy atom. The first-order valence-electron chi connectivity index (χ1n) is 5.43. The number of thioether (sulfide) groups is 1. The van der Waals surface area contributed by atoms with Gasteiger partial charge in [0.1, 0.15) is 0 Å². The van der Waals surface area contributed by atoms with Crippen molar-refractivity contribution < 1.29 is 0 Å². The van der Waals surface area contributed by atoms with Gasteiger partial charge >= 0.3 is 0 Å². The molecule has 0 spiro atoms. The third-order valence-corrected chi connectivity index (χ3v) is 3.51. The van der Waals surface area contributed by atoms with Crippen LogP contribution in [0.25, 0.3) is 0 Å². The Bertz CT molecular complexity index is 139. The van der Waals surface area contributed by atoms with Crippen LogP contribution in [0.3, 0.4) is 0 Å². The molecule has 0 aliphatic carbocycles. The fourth-order valence-corrected chi connectivity index (χ4v) is 2.41. The summed E-state index contributed by atoms with van der Waals surface area (Å²) in [7, 11) is 2.20. The number of likely N-dealkylation sites (N-methyl/N-ethyl adjacent to an activating group) is 1. The van der Waals surface area contributed by atoms with Crippen molar-refractivity contribution in [3.05, 3.63) is 0 Å². The molecule has 3 heteroatoms. The lowest BCUT2D eigenvalue weighted by Crippen LogP contribution is -2.44. The molecule has 2 unspecified atom stereocenters. The quantitative estimate of drug-likeness (QED) is 0.709. The summed E-state index contributed by atoms with van der Waals surface area (Å²) in [5.41, 5.74) is 5.81. The fraction of sp³-hybridized carbons (Fsp3) is 1.00. The number of hydrogen-bond donors (Lipinski definition) is 1. The first-order chi connectivity index (χ1) is 6.52. The van der Waals surface area contributed by atoms with Crippen molar-refractivity contribution in [3.8, 4) is 0 Å². The lowest BCUT2D eigenvalue weighted by molar-refractivity contribution is 0.179. The highest BCUT2D eigenvalue weighted by Crippen LogP contribution is 2.13. The minimum atomic E-state index is 0.539. The Labute approximate surface area is 93.6 Å². The Balaban J connectivity index is 4.07. The maximum Gasteiger partial charge on any atom is 0.0220 e. The molecule has 0 aliphatic heterocycles. The van der Waals surface area contributed by atoms with Crippen LogP contribution in [0.15, 0.2) is 0 Å². The highest BCUT2D eigenvalue weighted by molar-refractivity contribution is 7.98. The zero-order valence-electron chi connectivity index (χ0n) is 10.3. The molecule has 86 valence electrons. The second-order valence-corrected chi connectivity index (χ2v) is 5.40. The second-order valence-electron chi connectivity index (χ2n) is 4.49. The molecule has 0 heterocycles. The highest BCUT2D eigenvalue weighted by atomic mass is 32.2. The molecule has 0 aromatic carbocycles. The normalized spacial score (nSPS) is 16.3. The van der Waals surface area contributed by atoms with Crippen molar-refractivity contribution in [2.24, 2.45) is 11.7 Å². The summed E-state index contributed by atoms with van der Waals surface area (Å²) < 4.78 is 0. The molecule has 2 nitrogen and oxygen atoms in total. The number of hydrogen-bond acceptors (Lipinski definition) is 3. The van der Waals surface area contributed by atoms with Gasteiger partial charge < -0.3 is 5.73 Å². The van der Waals surface area contributed by atoms with E-state index in [9.17, 15) is 0 Å². The fourth-order valence-electron chi connectivity index (χ4n) is 1.69. The van der Waals surface area contributed by atoms with Crippen molar-refractivity contribution in [3.63, 3.8) is 0 Å². The summed E-state index contributed by atoms with van der Waals surface area (Å²) in [6, 6.07) is 1.16. The van der Waals surface area contributed by atoms with Gasteiger partial charge in [0.05, 0.1) is 0 Å². The molecule has 0 rings (SSSR count). The van der Waals surface area contributed by atoms with Gasteiger partial charge in [-0.15, -0.1) is 0 Å². The minimum Gasteiger partial charge on any atom is -0.329 e.